The number of aromatic nitrogens is 4. The van der Waals surface area contributed by atoms with E-state index in [1.807, 2.05) is 24.3 Å². The fourth-order valence-corrected chi connectivity index (χ4v) is 2.52. The Morgan fingerprint density at radius 1 is 1.26 bits per heavy atom. The van der Waals surface area contributed by atoms with Gasteiger partial charge in [-0.1, -0.05) is 29.8 Å². The number of aryl methyl sites for hydroxylation is 2. The van der Waals surface area contributed by atoms with E-state index in [1.165, 1.54) is 0 Å². The van der Waals surface area contributed by atoms with Gasteiger partial charge in [0.1, 0.15) is 0 Å². The number of nitrogens with zero attached hydrogens (tertiary/aromatic N) is 4. The fraction of sp³-hybridized carbons (Fsp3) is 0.188. The Balaban J connectivity index is 1.71. The summed E-state index contributed by atoms with van der Waals surface area (Å²) in [4.78, 5) is 12.2. The minimum Gasteiger partial charge on any atom is -0.305 e. The van der Waals surface area contributed by atoms with Crippen LogP contribution >= 0.6 is 11.6 Å². The van der Waals surface area contributed by atoms with Gasteiger partial charge in [-0.15, -0.1) is 0 Å². The topological polar surface area (TPSA) is 64.7 Å². The number of carbonyl (C=O) groups excluding carboxylic acids is 1. The smallest absolute Gasteiger partial charge is 0.260 e. The number of carbonyl (C=O) groups is 1. The van der Waals surface area contributed by atoms with Crippen molar-refractivity contribution in [3.8, 4) is 0 Å². The van der Waals surface area contributed by atoms with Crippen molar-refractivity contribution in [2.75, 3.05) is 5.32 Å². The monoisotopic (exact) mass is 329 g/mol. The predicted molar refractivity (Wildman–Crippen MR) is 88.7 cm³/mol. The molecule has 0 radical (unpaired) electrons. The lowest BCUT2D eigenvalue weighted by Gasteiger charge is -2.04. The van der Waals surface area contributed by atoms with Crippen LogP contribution in [0.4, 0.5) is 5.82 Å². The number of nitrogens with one attached hydrogen (secondary N) is 1. The van der Waals surface area contributed by atoms with Crippen LogP contribution in [-0.2, 0) is 13.6 Å². The molecule has 0 atom stereocenters. The van der Waals surface area contributed by atoms with E-state index < -0.39 is 0 Å². The van der Waals surface area contributed by atoms with E-state index in [0.29, 0.717) is 28.6 Å². The van der Waals surface area contributed by atoms with E-state index >= 15 is 0 Å². The van der Waals surface area contributed by atoms with Gasteiger partial charge >= 0.3 is 0 Å². The summed E-state index contributed by atoms with van der Waals surface area (Å²) in [5.74, 6) is 0.268. The van der Waals surface area contributed by atoms with Gasteiger partial charge in [0.2, 0.25) is 0 Å². The Hall–Kier alpha value is -2.60. The Bertz CT molecular complexity index is 852. The Morgan fingerprint density at radius 2 is 2.04 bits per heavy atom. The molecule has 0 aliphatic heterocycles. The van der Waals surface area contributed by atoms with Crippen LogP contribution in [0, 0.1) is 6.92 Å². The molecule has 0 saturated carbocycles. The summed E-state index contributed by atoms with van der Waals surface area (Å²) >= 11 is 6.14. The van der Waals surface area contributed by atoms with Gasteiger partial charge in [-0.2, -0.15) is 10.2 Å². The molecule has 3 rings (SSSR count). The van der Waals surface area contributed by atoms with Crippen molar-refractivity contribution in [2.45, 2.75) is 13.5 Å². The maximum atomic E-state index is 12.2. The van der Waals surface area contributed by atoms with Crippen LogP contribution in [0.3, 0.4) is 0 Å². The molecular formula is C16H16ClN5O. The number of halogens is 1. The first kappa shape index (κ1) is 15.3. The van der Waals surface area contributed by atoms with Gasteiger partial charge in [-0.3, -0.25) is 14.2 Å². The number of anilines is 1. The molecule has 1 amide bonds. The van der Waals surface area contributed by atoms with Crippen molar-refractivity contribution in [3.63, 3.8) is 0 Å². The molecule has 0 saturated heterocycles. The number of hydrogen-bond donors (Lipinski definition) is 1. The lowest BCUT2D eigenvalue weighted by Crippen LogP contribution is -2.13. The van der Waals surface area contributed by atoms with Crippen LogP contribution < -0.4 is 5.32 Å². The molecule has 0 fully saturated rings. The van der Waals surface area contributed by atoms with E-state index in [0.717, 1.165) is 5.56 Å². The van der Waals surface area contributed by atoms with Crippen LogP contribution in [0.5, 0.6) is 0 Å². The second kappa shape index (κ2) is 6.26. The third-order valence-corrected chi connectivity index (χ3v) is 3.80. The molecule has 1 N–H and O–H groups in total. The number of amides is 1. The average molecular weight is 330 g/mol. The molecule has 0 bridgehead atoms. The molecule has 6 nitrogen and oxygen atoms in total. The van der Waals surface area contributed by atoms with E-state index in [-0.39, 0.29) is 5.91 Å². The zero-order chi connectivity index (χ0) is 16.4. The molecular weight excluding hydrogens is 314 g/mol. The van der Waals surface area contributed by atoms with Crippen molar-refractivity contribution in [1.82, 2.24) is 19.6 Å². The van der Waals surface area contributed by atoms with Gasteiger partial charge in [0.05, 0.1) is 17.8 Å². The quantitative estimate of drug-likeness (QED) is 0.800. The SMILES string of the molecule is Cc1nn(C)cc1C(=O)Nc1ccn(Cc2ccccc2Cl)n1. The maximum Gasteiger partial charge on any atom is 0.260 e. The van der Waals surface area contributed by atoms with Crippen LogP contribution in [0.15, 0.2) is 42.7 Å². The van der Waals surface area contributed by atoms with Gasteiger partial charge in [0, 0.05) is 30.5 Å². The second-order valence-corrected chi connectivity index (χ2v) is 5.65. The summed E-state index contributed by atoms with van der Waals surface area (Å²) in [6.07, 6.45) is 3.49. The third-order valence-electron chi connectivity index (χ3n) is 3.43. The molecule has 23 heavy (non-hydrogen) atoms. The van der Waals surface area contributed by atoms with E-state index in [1.54, 1.807) is 41.8 Å². The zero-order valence-corrected chi connectivity index (χ0v) is 13.6. The Kier molecular flexibility index (Phi) is 4.16. The minimum atomic E-state index is -0.224. The molecule has 2 aromatic heterocycles. The maximum absolute atomic E-state index is 12.2. The fourth-order valence-electron chi connectivity index (χ4n) is 2.32. The molecule has 0 aliphatic rings. The number of benzene rings is 1. The molecule has 3 aromatic rings. The van der Waals surface area contributed by atoms with Gasteiger partial charge in [0.15, 0.2) is 5.82 Å². The van der Waals surface area contributed by atoms with Crippen LogP contribution in [0.2, 0.25) is 5.02 Å². The highest BCUT2D eigenvalue weighted by Crippen LogP contribution is 2.16. The van der Waals surface area contributed by atoms with Gasteiger partial charge < -0.3 is 5.32 Å². The molecule has 118 valence electrons. The minimum absolute atomic E-state index is 0.224. The van der Waals surface area contributed by atoms with E-state index in [2.05, 4.69) is 15.5 Å². The molecule has 2 heterocycles. The van der Waals surface area contributed by atoms with Crippen molar-refractivity contribution in [3.05, 3.63) is 64.6 Å². The summed E-state index contributed by atoms with van der Waals surface area (Å²) < 4.78 is 3.34. The summed E-state index contributed by atoms with van der Waals surface area (Å²) in [7, 11) is 1.78. The van der Waals surface area contributed by atoms with Crippen LogP contribution in [-0.4, -0.2) is 25.5 Å². The predicted octanol–water partition coefficient (Wildman–Crippen LogP) is 2.88. The normalized spacial score (nSPS) is 10.7. The summed E-state index contributed by atoms with van der Waals surface area (Å²) in [6, 6.07) is 9.35. The van der Waals surface area contributed by atoms with Crippen molar-refractivity contribution >= 4 is 23.3 Å². The Morgan fingerprint density at radius 3 is 2.74 bits per heavy atom. The summed E-state index contributed by atoms with van der Waals surface area (Å²) in [6.45, 7) is 2.34. The van der Waals surface area contributed by atoms with Crippen molar-refractivity contribution in [1.29, 1.82) is 0 Å². The van der Waals surface area contributed by atoms with Crippen molar-refractivity contribution in [2.24, 2.45) is 7.05 Å². The zero-order valence-electron chi connectivity index (χ0n) is 12.8. The Labute approximate surface area is 138 Å². The third kappa shape index (κ3) is 3.43. The lowest BCUT2D eigenvalue weighted by atomic mass is 10.2. The molecule has 0 unspecified atom stereocenters. The second-order valence-electron chi connectivity index (χ2n) is 5.25. The molecule has 0 aliphatic carbocycles. The van der Waals surface area contributed by atoms with Crippen LogP contribution in [0.25, 0.3) is 0 Å². The highest BCUT2D eigenvalue weighted by atomic mass is 35.5. The summed E-state index contributed by atoms with van der Waals surface area (Å²) in [5, 5.41) is 12.0. The average Bonchev–Trinajstić information content (AvgIpc) is 3.07. The standard InChI is InChI=1S/C16H16ClN5O/c1-11-13(10-21(2)19-11)16(23)18-15-7-8-22(20-15)9-12-5-3-4-6-14(12)17/h3-8,10H,9H2,1-2H3,(H,18,20,23). The number of hydrogen-bond acceptors (Lipinski definition) is 3. The summed E-state index contributed by atoms with van der Waals surface area (Å²) in [5.41, 5.74) is 2.19. The highest BCUT2D eigenvalue weighted by Gasteiger charge is 2.13. The van der Waals surface area contributed by atoms with Gasteiger partial charge in [-0.05, 0) is 18.6 Å². The van der Waals surface area contributed by atoms with Gasteiger partial charge in [-0.25, -0.2) is 0 Å². The number of rotatable bonds is 4. The van der Waals surface area contributed by atoms with E-state index in [4.69, 9.17) is 11.6 Å². The molecule has 7 heteroatoms. The van der Waals surface area contributed by atoms with E-state index in [9.17, 15) is 4.79 Å². The first-order valence-corrected chi connectivity index (χ1v) is 7.49. The van der Waals surface area contributed by atoms with Gasteiger partial charge in [0.25, 0.3) is 5.91 Å². The highest BCUT2D eigenvalue weighted by molar-refractivity contribution is 6.31. The van der Waals surface area contributed by atoms with Crippen molar-refractivity contribution < 1.29 is 4.79 Å². The van der Waals surface area contributed by atoms with Crippen LogP contribution in [0.1, 0.15) is 21.6 Å². The lowest BCUT2D eigenvalue weighted by molar-refractivity contribution is 0.102. The largest absolute Gasteiger partial charge is 0.305 e. The molecule has 1 aromatic carbocycles. The first-order chi connectivity index (χ1) is 11.0. The molecule has 0 spiro atoms. The first-order valence-electron chi connectivity index (χ1n) is 7.11.